The molecular weight excluding hydrogens is 532 g/mol. The summed E-state index contributed by atoms with van der Waals surface area (Å²) in [4.78, 5) is 7.77. The monoisotopic (exact) mass is 568 g/mol. The third kappa shape index (κ3) is 4.64. The summed E-state index contributed by atoms with van der Waals surface area (Å²) >= 11 is 0. The van der Waals surface area contributed by atoms with E-state index < -0.39 is 0 Å². The second-order valence-electron chi connectivity index (χ2n) is 12.0. The van der Waals surface area contributed by atoms with Crippen molar-refractivity contribution < 1.29 is 0 Å². The lowest BCUT2D eigenvalue weighted by Crippen LogP contribution is -2.31. The number of benzene rings is 6. The molecule has 0 fully saturated rings. The predicted octanol–water partition coefficient (Wildman–Crippen LogP) is 11.2. The van der Waals surface area contributed by atoms with Crippen molar-refractivity contribution in [1.82, 2.24) is 0 Å². The fourth-order valence-corrected chi connectivity index (χ4v) is 6.70. The smallest absolute Gasteiger partial charge is 0.0699 e. The molecule has 0 bridgehead atoms. The Bertz CT molecular complexity index is 2010. The van der Waals surface area contributed by atoms with Gasteiger partial charge in [-0.05, 0) is 103 Å². The number of hydrogen-bond acceptors (Lipinski definition) is 2. The molecule has 0 radical (unpaired) electrons. The van der Waals surface area contributed by atoms with Gasteiger partial charge in [-0.2, -0.15) is 0 Å². The summed E-state index contributed by atoms with van der Waals surface area (Å²) in [6.45, 7) is 8.88. The highest BCUT2D eigenvalue weighted by Gasteiger charge is 2.41. The summed E-state index contributed by atoms with van der Waals surface area (Å²) < 4.78 is 0. The van der Waals surface area contributed by atoms with Gasteiger partial charge in [0.1, 0.15) is 0 Å². The number of aryl methyl sites for hydroxylation is 3. The molecule has 1 unspecified atom stereocenters. The summed E-state index contributed by atoms with van der Waals surface area (Å²) in [7, 11) is 0. The van der Waals surface area contributed by atoms with Crippen molar-refractivity contribution in [2.45, 2.75) is 33.1 Å². The standard InChI is InChI=1S/C42H36N2/c1-29-15-11-13-21-36(29)37-27-34(24-23-30(37)2)44(40-22-14-12-16-31(40)3)35-25-26-38-39(28-35)43-41(32-17-7-5-8-18-32)42(38,4)33-19-9-6-10-20-33/h5-28H,1-4H3. The lowest BCUT2D eigenvalue weighted by molar-refractivity contribution is 0.794. The van der Waals surface area contributed by atoms with Crippen LogP contribution in [0.2, 0.25) is 0 Å². The van der Waals surface area contributed by atoms with Crippen LogP contribution in [-0.4, -0.2) is 5.71 Å². The van der Waals surface area contributed by atoms with Gasteiger partial charge in [0, 0.05) is 17.1 Å². The first-order valence-electron chi connectivity index (χ1n) is 15.3. The third-order valence-corrected chi connectivity index (χ3v) is 9.15. The molecule has 0 spiro atoms. The molecule has 7 rings (SSSR count). The van der Waals surface area contributed by atoms with E-state index in [0.717, 1.165) is 34.0 Å². The lowest BCUT2D eigenvalue weighted by Gasteiger charge is -2.30. The van der Waals surface area contributed by atoms with Gasteiger partial charge in [0.25, 0.3) is 0 Å². The fraction of sp³-hybridized carbons (Fsp3) is 0.119. The second-order valence-corrected chi connectivity index (χ2v) is 12.0. The van der Waals surface area contributed by atoms with E-state index in [2.05, 4.69) is 178 Å². The molecule has 44 heavy (non-hydrogen) atoms. The van der Waals surface area contributed by atoms with E-state index in [-0.39, 0.29) is 5.41 Å². The molecule has 0 aliphatic carbocycles. The maximum Gasteiger partial charge on any atom is 0.0699 e. The number of hydrogen-bond donors (Lipinski definition) is 0. The van der Waals surface area contributed by atoms with Crippen LogP contribution in [-0.2, 0) is 5.41 Å². The van der Waals surface area contributed by atoms with Crippen molar-refractivity contribution in [2.24, 2.45) is 4.99 Å². The van der Waals surface area contributed by atoms with Crippen molar-refractivity contribution in [3.63, 3.8) is 0 Å². The summed E-state index contributed by atoms with van der Waals surface area (Å²) in [6, 6.07) is 52.3. The lowest BCUT2D eigenvalue weighted by atomic mass is 9.72. The van der Waals surface area contributed by atoms with Gasteiger partial charge >= 0.3 is 0 Å². The van der Waals surface area contributed by atoms with Crippen molar-refractivity contribution in [1.29, 1.82) is 0 Å². The van der Waals surface area contributed by atoms with E-state index in [4.69, 9.17) is 4.99 Å². The highest BCUT2D eigenvalue weighted by Crippen LogP contribution is 2.49. The second kappa shape index (κ2) is 11.1. The summed E-state index contributed by atoms with van der Waals surface area (Å²) in [5, 5.41) is 0. The van der Waals surface area contributed by atoms with Gasteiger partial charge in [-0.3, -0.25) is 4.99 Å². The van der Waals surface area contributed by atoms with Crippen LogP contribution in [0.1, 0.15) is 40.3 Å². The number of fused-ring (bicyclic) bond motifs is 1. The number of rotatable bonds is 6. The molecule has 2 heteroatoms. The molecule has 1 aliphatic rings. The largest absolute Gasteiger partial charge is 0.310 e. The molecule has 0 N–H and O–H groups in total. The quantitative estimate of drug-likeness (QED) is 0.195. The van der Waals surface area contributed by atoms with Crippen LogP contribution in [0.15, 0.2) is 151 Å². The number of anilines is 3. The molecule has 1 atom stereocenters. The van der Waals surface area contributed by atoms with Gasteiger partial charge in [-0.25, -0.2) is 0 Å². The Morgan fingerprint density at radius 1 is 0.523 bits per heavy atom. The fourth-order valence-electron chi connectivity index (χ4n) is 6.70. The molecule has 6 aromatic rings. The molecule has 6 aromatic carbocycles. The molecule has 0 saturated carbocycles. The Labute approximate surface area is 261 Å². The Kier molecular flexibility index (Phi) is 6.98. The zero-order valence-corrected chi connectivity index (χ0v) is 25.8. The minimum atomic E-state index is -0.369. The van der Waals surface area contributed by atoms with Gasteiger partial charge in [0.05, 0.1) is 16.8 Å². The Hall–Kier alpha value is -5.21. The van der Waals surface area contributed by atoms with Crippen LogP contribution in [0.3, 0.4) is 0 Å². The maximum atomic E-state index is 5.39. The first kappa shape index (κ1) is 27.6. The molecule has 0 aromatic heterocycles. The number of nitrogens with zero attached hydrogens (tertiary/aromatic N) is 2. The van der Waals surface area contributed by atoms with Gasteiger partial charge in [0.15, 0.2) is 0 Å². The van der Waals surface area contributed by atoms with Gasteiger partial charge in [0.2, 0.25) is 0 Å². The van der Waals surface area contributed by atoms with Gasteiger partial charge in [-0.15, -0.1) is 0 Å². The molecule has 0 amide bonds. The number of aliphatic imine (C=N–C) groups is 1. The first-order chi connectivity index (χ1) is 21.4. The first-order valence-corrected chi connectivity index (χ1v) is 15.3. The van der Waals surface area contributed by atoms with E-state index in [0.29, 0.717) is 0 Å². The minimum absolute atomic E-state index is 0.369. The van der Waals surface area contributed by atoms with E-state index >= 15 is 0 Å². The van der Waals surface area contributed by atoms with Crippen molar-refractivity contribution in [3.05, 3.63) is 179 Å². The molecule has 1 aliphatic heterocycles. The van der Waals surface area contributed by atoms with Crippen LogP contribution in [0.25, 0.3) is 11.1 Å². The van der Waals surface area contributed by atoms with E-state index in [1.165, 1.54) is 38.9 Å². The van der Waals surface area contributed by atoms with Gasteiger partial charge < -0.3 is 4.90 Å². The molecule has 1 heterocycles. The van der Waals surface area contributed by atoms with Crippen LogP contribution < -0.4 is 4.90 Å². The average Bonchev–Trinajstić information content (AvgIpc) is 3.36. The Morgan fingerprint density at radius 3 is 1.84 bits per heavy atom. The van der Waals surface area contributed by atoms with Crippen LogP contribution >= 0.6 is 0 Å². The van der Waals surface area contributed by atoms with E-state index in [1.807, 2.05) is 0 Å². The summed E-state index contributed by atoms with van der Waals surface area (Å²) in [5.41, 5.74) is 15.0. The zero-order chi connectivity index (χ0) is 30.3. The van der Waals surface area contributed by atoms with Crippen LogP contribution in [0.5, 0.6) is 0 Å². The van der Waals surface area contributed by atoms with Crippen LogP contribution in [0, 0.1) is 20.8 Å². The van der Waals surface area contributed by atoms with Crippen molar-refractivity contribution in [3.8, 4) is 11.1 Å². The zero-order valence-electron chi connectivity index (χ0n) is 25.8. The summed E-state index contributed by atoms with van der Waals surface area (Å²) in [6.07, 6.45) is 0. The average molecular weight is 569 g/mol. The predicted molar refractivity (Wildman–Crippen MR) is 186 cm³/mol. The van der Waals surface area contributed by atoms with Gasteiger partial charge in [-0.1, -0.05) is 115 Å². The van der Waals surface area contributed by atoms with Crippen LogP contribution in [0.4, 0.5) is 22.7 Å². The molecule has 214 valence electrons. The maximum absolute atomic E-state index is 5.39. The molecule has 2 nitrogen and oxygen atoms in total. The Balaban J connectivity index is 1.43. The number of para-hydroxylation sites is 1. The highest BCUT2D eigenvalue weighted by molar-refractivity contribution is 6.14. The third-order valence-electron chi connectivity index (χ3n) is 9.15. The van der Waals surface area contributed by atoms with Crippen molar-refractivity contribution in [2.75, 3.05) is 4.90 Å². The van der Waals surface area contributed by atoms with Crippen molar-refractivity contribution >= 4 is 28.5 Å². The summed E-state index contributed by atoms with van der Waals surface area (Å²) in [5.74, 6) is 0. The Morgan fingerprint density at radius 2 is 1.11 bits per heavy atom. The molecular formula is C42H36N2. The normalized spacial score (nSPS) is 15.5. The van der Waals surface area contributed by atoms with E-state index in [9.17, 15) is 0 Å². The molecule has 0 saturated heterocycles. The SMILES string of the molecule is Cc1ccccc1-c1cc(N(c2ccc3c(c2)N=C(c2ccccc2)C3(C)c2ccccc2)c2ccccc2C)ccc1C. The topological polar surface area (TPSA) is 15.6 Å². The highest BCUT2D eigenvalue weighted by atomic mass is 15.1. The van der Waals surface area contributed by atoms with E-state index in [1.54, 1.807) is 0 Å². The minimum Gasteiger partial charge on any atom is -0.310 e.